The number of nitro groups is 1. The second-order valence-corrected chi connectivity index (χ2v) is 4.07. The van der Waals surface area contributed by atoms with Gasteiger partial charge >= 0.3 is 5.69 Å². The number of pyridine rings is 1. The van der Waals surface area contributed by atoms with E-state index >= 15 is 0 Å². The van der Waals surface area contributed by atoms with Crippen LogP contribution >= 0.6 is 0 Å². The zero-order valence-corrected chi connectivity index (χ0v) is 10.3. The van der Waals surface area contributed by atoms with Gasteiger partial charge in [0.15, 0.2) is 0 Å². The zero-order chi connectivity index (χ0) is 13.9. The molecule has 20 heavy (non-hydrogen) atoms. The van der Waals surface area contributed by atoms with E-state index in [1.54, 1.807) is 0 Å². The molecule has 0 saturated heterocycles. The van der Waals surface area contributed by atoms with Gasteiger partial charge in [-0.1, -0.05) is 6.07 Å². The first-order valence-electron chi connectivity index (χ1n) is 5.85. The Morgan fingerprint density at radius 2 is 2.10 bits per heavy atom. The Kier molecular flexibility index (Phi) is 2.96. The van der Waals surface area contributed by atoms with Crippen molar-refractivity contribution in [2.24, 2.45) is 0 Å². The summed E-state index contributed by atoms with van der Waals surface area (Å²) < 4.78 is 1.91. The van der Waals surface area contributed by atoms with E-state index in [4.69, 9.17) is 0 Å². The molecule has 0 aliphatic rings. The van der Waals surface area contributed by atoms with Crippen molar-refractivity contribution in [3.63, 3.8) is 0 Å². The normalized spacial score (nSPS) is 10.6. The van der Waals surface area contributed by atoms with E-state index in [0.29, 0.717) is 12.5 Å². The van der Waals surface area contributed by atoms with Crippen LogP contribution in [-0.4, -0.2) is 24.3 Å². The summed E-state index contributed by atoms with van der Waals surface area (Å²) in [6.45, 7) is 0.444. The minimum atomic E-state index is -0.536. The number of hydrogen-bond donors (Lipinski definition) is 1. The van der Waals surface area contributed by atoms with E-state index in [2.05, 4.69) is 20.3 Å². The van der Waals surface area contributed by atoms with Gasteiger partial charge in [-0.15, -0.1) is 0 Å². The highest BCUT2D eigenvalue weighted by atomic mass is 16.6. The lowest BCUT2D eigenvalue weighted by Crippen LogP contribution is -2.04. The Balaban J connectivity index is 1.71. The molecule has 100 valence electrons. The maximum absolute atomic E-state index is 10.5. The average molecular weight is 270 g/mol. The van der Waals surface area contributed by atoms with Crippen LogP contribution in [0.5, 0.6) is 0 Å². The number of hydrogen-bond acceptors (Lipinski definition) is 6. The first-order valence-corrected chi connectivity index (χ1v) is 5.85. The molecule has 0 aliphatic carbocycles. The first-order chi connectivity index (χ1) is 9.72. The molecule has 3 aromatic rings. The van der Waals surface area contributed by atoms with Crippen LogP contribution in [0.3, 0.4) is 0 Å². The summed E-state index contributed by atoms with van der Waals surface area (Å²) in [6, 6.07) is 5.75. The van der Waals surface area contributed by atoms with Crippen molar-refractivity contribution in [1.82, 2.24) is 19.4 Å². The maximum atomic E-state index is 10.5. The molecule has 1 N–H and O–H groups in total. The molecule has 0 aromatic carbocycles. The van der Waals surface area contributed by atoms with Gasteiger partial charge in [0.1, 0.15) is 18.0 Å². The van der Waals surface area contributed by atoms with Crippen LogP contribution in [0.4, 0.5) is 11.6 Å². The summed E-state index contributed by atoms with van der Waals surface area (Å²) in [7, 11) is 0. The molecule has 0 amide bonds. The fourth-order valence-electron chi connectivity index (χ4n) is 1.75. The minimum Gasteiger partial charge on any atom is -0.349 e. The van der Waals surface area contributed by atoms with Gasteiger partial charge in [-0.25, -0.2) is 15.0 Å². The Labute approximate surface area is 113 Å². The molecular formula is C12H10N6O2. The smallest absolute Gasteiger partial charge is 0.305 e. The van der Waals surface area contributed by atoms with Crippen LogP contribution in [0.25, 0.3) is 5.65 Å². The van der Waals surface area contributed by atoms with Crippen LogP contribution in [0, 0.1) is 10.1 Å². The monoisotopic (exact) mass is 270 g/mol. The lowest BCUT2D eigenvalue weighted by Gasteiger charge is -2.00. The van der Waals surface area contributed by atoms with Gasteiger partial charge in [0.2, 0.25) is 5.95 Å². The molecule has 0 radical (unpaired) electrons. The maximum Gasteiger partial charge on any atom is 0.305 e. The van der Waals surface area contributed by atoms with Gasteiger partial charge in [-0.2, -0.15) is 0 Å². The Hall–Kier alpha value is -3.03. The molecule has 0 atom stereocenters. The molecule has 0 unspecified atom stereocenters. The van der Waals surface area contributed by atoms with E-state index in [9.17, 15) is 10.1 Å². The SMILES string of the molecule is O=[N+]([O-])c1cnc(NCc2cn3ccccc3n2)nc1. The number of anilines is 1. The van der Waals surface area contributed by atoms with Gasteiger partial charge in [-0.05, 0) is 12.1 Å². The molecule has 3 rings (SSSR count). The quantitative estimate of drug-likeness (QED) is 0.571. The van der Waals surface area contributed by atoms with E-state index in [1.807, 2.05) is 35.0 Å². The minimum absolute atomic E-state index is 0.136. The van der Waals surface area contributed by atoms with Crippen molar-refractivity contribution in [3.8, 4) is 0 Å². The zero-order valence-electron chi connectivity index (χ0n) is 10.3. The second kappa shape index (κ2) is 4.92. The van der Waals surface area contributed by atoms with Crippen molar-refractivity contribution in [2.45, 2.75) is 6.54 Å². The summed E-state index contributed by atoms with van der Waals surface area (Å²) in [4.78, 5) is 22.1. The largest absolute Gasteiger partial charge is 0.349 e. The average Bonchev–Trinajstić information content (AvgIpc) is 2.88. The fraction of sp³-hybridized carbons (Fsp3) is 0.0833. The first kappa shape index (κ1) is 12.0. The molecule has 8 heteroatoms. The van der Waals surface area contributed by atoms with E-state index in [-0.39, 0.29) is 5.69 Å². The van der Waals surface area contributed by atoms with Gasteiger partial charge < -0.3 is 9.72 Å². The van der Waals surface area contributed by atoms with Crippen LogP contribution in [0.1, 0.15) is 5.69 Å². The van der Waals surface area contributed by atoms with Crippen LogP contribution in [-0.2, 0) is 6.54 Å². The third kappa shape index (κ3) is 2.39. The predicted molar refractivity (Wildman–Crippen MR) is 71.2 cm³/mol. The van der Waals surface area contributed by atoms with E-state index in [0.717, 1.165) is 11.3 Å². The third-order valence-electron chi connectivity index (χ3n) is 2.69. The number of aromatic nitrogens is 4. The molecule has 0 fully saturated rings. The summed E-state index contributed by atoms with van der Waals surface area (Å²) in [5, 5.41) is 13.5. The molecule has 0 bridgehead atoms. The second-order valence-electron chi connectivity index (χ2n) is 4.07. The standard InChI is InChI=1S/C12H10N6O2/c19-18(20)10-6-14-12(15-7-10)13-5-9-8-17-4-2-1-3-11(17)16-9/h1-4,6-8H,5H2,(H,13,14,15). The molecule has 3 aromatic heterocycles. The topological polar surface area (TPSA) is 98.2 Å². The summed E-state index contributed by atoms with van der Waals surface area (Å²) in [5.41, 5.74) is 1.55. The number of nitrogens with one attached hydrogen (secondary N) is 1. The van der Waals surface area contributed by atoms with Gasteiger partial charge in [0.05, 0.1) is 17.2 Å². The highest BCUT2D eigenvalue weighted by Gasteiger charge is 2.07. The molecule has 8 nitrogen and oxygen atoms in total. The van der Waals surface area contributed by atoms with E-state index in [1.165, 1.54) is 12.4 Å². The lowest BCUT2D eigenvalue weighted by atomic mass is 10.5. The Bertz CT molecular complexity index is 719. The molecule has 3 heterocycles. The lowest BCUT2D eigenvalue weighted by molar-refractivity contribution is -0.385. The predicted octanol–water partition coefficient (Wildman–Crippen LogP) is 1.64. The Morgan fingerprint density at radius 1 is 1.30 bits per heavy atom. The summed E-state index contributed by atoms with van der Waals surface area (Å²) >= 11 is 0. The summed E-state index contributed by atoms with van der Waals surface area (Å²) in [5.74, 6) is 0.327. The highest BCUT2D eigenvalue weighted by molar-refractivity contribution is 5.40. The van der Waals surface area contributed by atoms with Crippen molar-refractivity contribution in [3.05, 3.63) is 58.8 Å². The summed E-state index contributed by atoms with van der Waals surface area (Å²) in [6.07, 6.45) is 6.14. The number of imidazole rings is 1. The number of nitrogens with zero attached hydrogens (tertiary/aromatic N) is 5. The van der Waals surface area contributed by atoms with Crippen LogP contribution in [0.15, 0.2) is 43.0 Å². The molecule has 0 spiro atoms. The van der Waals surface area contributed by atoms with Gasteiger partial charge in [-0.3, -0.25) is 10.1 Å². The third-order valence-corrected chi connectivity index (χ3v) is 2.69. The highest BCUT2D eigenvalue weighted by Crippen LogP contribution is 2.10. The van der Waals surface area contributed by atoms with E-state index < -0.39 is 4.92 Å². The van der Waals surface area contributed by atoms with Crippen molar-refractivity contribution < 1.29 is 4.92 Å². The molecular weight excluding hydrogens is 260 g/mol. The molecule has 0 saturated carbocycles. The molecule has 0 aliphatic heterocycles. The number of fused-ring (bicyclic) bond motifs is 1. The number of rotatable bonds is 4. The van der Waals surface area contributed by atoms with Crippen LogP contribution < -0.4 is 5.32 Å². The van der Waals surface area contributed by atoms with Gasteiger partial charge in [0, 0.05) is 12.4 Å². The van der Waals surface area contributed by atoms with Gasteiger partial charge in [0.25, 0.3) is 0 Å². The van der Waals surface area contributed by atoms with Crippen molar-refractivity contribution >= 4 is 17.3 Å². The Morgan fingerprint density at radius 3 is 2.80 bits per heavy atom. The van der Waals surface area contributed by atoms with Crippen molar-refractivity contribution in [2.75, 3.05) is 5.32 Å². The van der Waals surface area contributed by atoms with Crippen LogP contribution in [0.2, 0.25) is 0 Å². The fourth-order valence-corrected chi connectivity index (χ4v) is 1.75. The van der Waals surface area contributed by atoms with Crippen molar-refractivity contribution in [1.29, 1.82) is 0 Å².